The molecule has 2 rings (SSSR count). The molecule has 2 aromatic rings. The monoisotopic (exact) mass is 312 g/mol. The Morgan fingerprint density at radius 3 is 2.85 bits per heavy atom. The zero-order valence-electron chi connectivity index (χ0n) is 10.5. The first kappa shape index (κ1) is 14.6. The third kappa shape index (κ3) is 3.21. The third-order valence-corrected chi connectivity index (χ3v) is 4.67. The van der Waals surface area contributed by atoms with E-state index in [1.54, 1.807) is 6.92 Å². The van der Waals surface area contributed by atoms with Crippen LogP contribution >= 0.6 is 22.7 Å². The number of aryl methyl sites for hydroxylation is 1. The first-order valence-corrected chi connectivity index (χ1v) is 7.39. The van der Waals surface area contributed by atoms with Crippen molar-refractivity contribution >= 4 is 34.6 Å². The van der Waals surface area contributed by atoms with Gasteiger partial charge in [0, 0.05) is 0 Å². The number of rotatable bonds is 5. The number of amides is 1. The van der Waals surface area contributed by atoms with Crippen LogP contribution in [0.5, 0.6) is 0 Å². The second-order valence-electron chi connectivity index (χ2n) is 3.97. The molecule has 1 atom stereocenters. The summed E-state index contributed by atoms with van der Waals surface area (Å²) in [5.41, 5.74) is 0.584. The molecule has 0 spiro atoms. The summed E-state index contributed by atoms with van der Waals surface area (Å²) in [6, 6.07) is 3.82. The van der Waals surface area contributed by atoms with E-state index >= 15 is 0 Å². The highest BCUT2D eigenvalue weighted by molar-refractivity contribution is 7.22. The van der Waals surface area contributed by atoms with Gasteiger partial charge in [-0.2, -0.15) is 0 Å². The Balaban J connectivity index is 2.09. The summed E-state index contributed by atoms with van der Waals surface area (Å²) in [6.07, 6.45) is -1.61. The van der Waals surface area contributed by atoms with E-state index < -0.39 is 18.0 Å². The molecule has 0 bridgehead atoms. The first-order valence-electron chi connectivity index (χ1n) is 5.69. The lowest BCUT2D eigenvalue weighted by Gasteiger charge is -2.06. The fourth-order valence-corrected chi connectivity index (χ4v) is 3.25. The van der Waals surface area contributed by atoms with E-state index in [0.29, 0.717) is 10.6 Å². The normalized spacial score (nSPS) is 12.1. The molecule has 8 heteroatoms. The molecule has 1 amide bonds. The van der Waals surface area contributed by atoms with Crippen LogP contribution in [-0.4, -0.2) is 39.7 Å². The average molecular weight is 312 g/mol. The van der Waals surface area contributed by atoms with Crippen molar-refractivity contribution in [2.24, 2.45) is 0 Å². The topological polar surface area (TPSA) is 99.5 Å². The minimum Gasteiger partial charge on any atom is -0.479 e. The number of thiophene rings is 1. The standard InChI is InChI=1S/C12H12N2O4S2/c1-6-9(10(16)13-5-7(15)12(17)18)20-11(14-6)8-3-2-4-19-8/h2-4,7,15H,5H2,1H3,(H,13,16)(H,17,18)/t7-/m0/s1. The van der Waals surface area contributed by atoms with Crippen molar-refractivity contribution in [1.82, 2.24) is 10.3 Å². The lowest BCUT2D eigenvalue weighted by molar-refractivity contribution is -0.146. The van der Waals surface area contributed by atoms with E-state index in [-0.39, 0.29) is 6.54 Å². The van der Waals surface area contributed by atoms with E-state index in [1.807, 2.05) is 17.5 Å². The molecule has 6 nitrogen and oxygen atoms in total. The van der Waals surface area contributed by atoms with Gasteiger partial charge in [-0.3, -0.25) is 4.79 Å². The van der Waals surface area contributed by atoms with Crippen LogP contribution in [0.15, 0.2) is 17.5 Å². The Labute approximate surface area is 122 Å². The highest BCUT2D eigenvalue weighted by atomic mass is 32.1. The molecule has 0 radical (unpaired) electrons. The summed E-state index contributed by atoms with van der Waals surface area (Å²) in [5, 5.41) is 22.7. The minimum absolute atomic E-state index is 0.333. The number of aliphatic hydroxyl groups excluding tert-OH is 1. The van der Waals surface area contributed by atoms with Crippen LogP contribution in [0.3, 0.4) is 0 Å². The molecule has 0 saturated heterocycles. The molecule has 0 aliphatic carbocycles. The predicted molar refractivity (Wildman–Crippen MR) is 76.1 cm³/mol. The van der Waals surface area contributed by atoms with Gasteiger partial charge in [-0.15, -0.1) is 22.7 Å². The van der Waals surface area contributed by atoms with Crippen molar-refractivity contribution in [3.63, 3.8) is 0 Å². The van der Waals surface area contributed by atoms with Gasteiger partial charge in [0.25, 0.3) is 5.91 Å². The molecule has 106 valence electrons. The molecule has 0 unspecified atom stereocenters. The summed E-state index contributed by atoms with van der Waals surface area (Å²) in [4.78, 5) is 28.1. The molecule has 0 aromatic carbocycles. The van der Waals surface area contributed by atoms with Crippen molar-refractivity contribution in [2.45, 2.75) is 13.0 Å². The molecule has 2 aromatic heterocycles. The number of thiazole rings is 1. The summed E-state index contributed by atoms with van der Waals surface area (Å²) in [6.45, 7) is 1.38. The zero-order valence-corrected chi connectivity index (χ0v) is 12.1. The fourth-order valence-electron chi connectivity index (χ4n) is 1.47. The number of aliphatic hydroxyl groups is 1. The maximum Gasteiger partial charge on any atom is 0.334 e. The highest BCUT2D eigenvalue weighted by Crippen LogP contribution is 2.30. The second-order valence-corrected chi connectivity index (χ2v) is 5.92. The number of carbonyl (C=O) groups is 2. The Hall–Kier alpha value is -1.77. The Kier molecular flexibility index (Phi) is 4.48. The molecule has 20 heavy (non-hydrogen) atoms. The van der Waals surface area contributed by atoms with E-state index in [9.17, 15) is 9.59 Å². The van der Waals surface area contributed by atoms with Crippen LogP contribution in [0.4, 0.5) is 0 Å². The fraction of sp³-hybridized carbons (Fsp3) is 0.250. The third-order valence-electron chi connectivity index (χ3n) is 2.48. The van der Waals surface area contributed by atoms with Crippen LogP contribution in [0.25, 0.3) is 9.88 Å². The van der Waals surface area contributed by atoms with Crippen LogP contribution in [0, 0.1) is 6.92 Å². The number of hydrogen-bond donors (Lipinski definition) is 3. The second kappa shape index (κ2) is 6.12. The number of carboxylic acids is 1. The van der Waals surface area contributed by atoms with Crippen LogP contribution < -0.4 is 5.32 Å². The van der Waals surface area contributed by atoms with Crippen molar-refractivity contribution in [3.8, 4) is 9.88 Å². The maximum atomic E-state index is 11.9. The molecule has 0 aliphatic heterocycles. The van der Waals surface area contributed by atoms with Gasteiger partial charge < -0.3 is 15.5 Å². The molecular formula is C12H12N2O4S2. The number of carbonyl (C=O) groups excluding carboxylic acids is 1. The summed E-state index contributed by atoms with van der Waals surface area (Å²) in [7, 11) is 0. The molecule has 0 aliphatic rings. The van der Waals surface area contributed by atoms with E-state index in [2.05, 4.69) is 10.3 Å². The van der Waals surface area contributed by atoms with Crippen molar-refractivity contribution < 1.29 is 19.8 Å². The van der Waals surface area contributed by atoms with Gasteiger partial charge in [0.1, 0.15) is 9.88 Å². The van der Waals surface area contributed by atoms with Gasteiger partial charge >= 0.3 is 5.97 Å². The number of nitrogens with zero attached hydrogens (tertiary/aromatic N) is 1. The molecule has 0 fully saturated rings. The molecule has 2 heterocycles. The van der Waals surface area contributed by atoms with Gasteiger partial charge in [0.2, 0.25) is 0 Å². The Morgan fingerprint density at radius 2 is 2.25 bits per heavy atom. The van der Waals surface area contributed by atoms with Crippen LogP contribution in [0.2, 0.25) is 0 Å². The Bertz CT molecular complexity index is 621. The molecule has 0 saturated carbocycles. The quantitative estimate of drug-likeness (QED) is 0.774. The van der Waals surface area contributed by atoms with Crippen LogP contribution in [0.1, 0.15) is 15.4 Å². The SMILES string of the molecule is Cc1nc(-c2cccs2)sc1C(=O)NC[C@H](O)C(=O)O. The lowest BCUT2D eigenvalue weighted by Crippen LogP contribution is -2.36. The maximum absolute atomic E-state index is 11.9. The first-order chi connectivity index (χ1) is 9.49. The van der Waals surface area contributed by atoms with Crippen molar-refractivity contribution in [3.05, 3.63) is 28.1 Å². The largest absolute Gasteiger partial charge is 0.479 e. The summed E-state index contributed by atoms with van der Waals surface area (Å²) < 4.78 is 0. The van der Waals surface area contributed by atoms with Crippen LogP contribution in [-0.2, 0) is 4.79 Å². The van der Waals surface area contributed by atoms with Crippen molar-refractivity contribution in [1.29, 1.82) is 0 Å². The number of hydrogen-bond acceptors (Lipinski definition) is 6. The summed E-state index contributed by atoms with van der Waals surface area (Å²) >= 11 is 2.77. The Morgan fingerprint density at radius 1 is 1.50 bits per heavy atom. The highest BCUT2D eigenvalue weighted by Gasteiger charge is 2.19. The van der Waals surface area contributed by atoms with Gasteiger partial charge in [-0.1, -0.05) is 6.07 Å². The van der Waals surface area contributed by atoms with E-state index in [4.69, 9.17) is 10.2 Å². The van der Waals surface area contributed by atoms with Gasteiger partial charge in [-0.05, 0) is 18.4 Å². The summed E-state index contributed by atoms with van der Waals surface area (Å²) in [5.74, 6) is -1.80. The number of carboxylic acid groups (broad SMARTS) is 1. The number of aliphatic carboxylic acids is 1. The minimum atomic E-state index is -1.61. The predicted octanol–water partition coefficient (Wildman–Crippen LogP) is 1.36. The number of nitrogens with one attached hydrogen (secondary N) is 1. The van der Waals surface area contributed by atoms with Gasteiger partial charge in [-0.25, -0.2) is 9.78 Å². The molecule has 3 N–H and O–H groups in total. The van der Waals surface area contributed by atoms with Gasteiger partial charge in [0.05, 0.1) is 17.1 Å². The van der Waals surface area contributed by atoms with E-state index in [1.165, 1.54) is 22.7 Å². The lowest BCUT2D eigenvalue weighted by atomic mass is 10.3. The van der Waals surface area contributed by atoms with Crippen molar-refractivity contribution in [2.75, 3.05) is 6.54 Å². The van der Waals surface area contributed by atoms with E-state index in [0.717, 1.165) is 9.88 Å². The average Bonchev–Trinajstić information content (AvgIpc) is 3.04. The smallest absolute Gasteiger partial charge is 0.334 e. The van der Waals surface area contributed by atoms with Gasteiger partial charge in [0.15, 0.2) is 6.10 Å². The number of aromatic nitrogens is 1. The zero-order chi connectivity index (χ0) is 14.7. The molecular weight excluding hydrogens is 300 g/mol.